The van der Waals surface area contributed by atoms with Gasteiger partial charge in [-0.2, -0.15) is 0 Å². The van der Waals surface area contributed by atoms with Crippen LogP contribution in [-0.2, 0) is 28.6 Å². The van der Waals surface area contributed by atoms with Crippen molar-refractivity contribution in [2.75, 3.05) is 0 Å². The maximum atomic E-state index is 14.0. The summed E-state index contributed by atoms with van der Waals surface area (Å²) in [5, 5.41) is 10.8. The highest BCUT2D eigenvalue weighted by Crippen LogP contribution is 2.71. The average molecular weight is 511 g/mol. The van der Waals surface area contributed by atoms with Gasteiger partial charge < -0.3 is 19.3 Å². The van der Waals surface area contributed by atoms with E-state index in [4.69, 9.17) is 14.2 Å². The third-order valence-electron chi connectivity index (χ3n) is 12.2. The van der Waals surface area contributed by atoms with Gasteiger partial charge in [0.25, 0.3) is 0 Å². The van der Waals surface area contributed by atoms with Gasteiger partial charge in [0.2, 0.25) is 0 Å². The molecule has 10 unspecified atom stereocenters. The summed E-state index contributed by atoms with van der Waals surface area (Å²) in [7, 11) is 0. The second-order valence-electron chi connectivity index (χ2n) is 14.1. The molecule has 2 bridgehead atoms. The number of allylic oxidation sites excluding steroid dienone is 1. The number of fused-ring (bicyclic) bond motifs is 5. The molecule has 37 heavy (non-hydrogen) atoms. The molecular weight excluding hydrogens is 472 g/mol. The minimum absolute atomic E-state index is 0.0334. The number of cyclic esters (lactones) is 1. The number of Topliss-reactive ketones (excluding diaryl/α,β-unsaturated/α-hetero) is 1. The first-order valence-electron chi connectivity index (χ1n) is 14.0. The fourth-order valence-electron chi connectivity index (χ4n) is 9.98. The Kier molecular flexibility index (Phi) is 4.52. The summed E-state index contributed by atoms with van der Waals surface area (Å²) in [4.78, 5) is 38.9. The number of ketones is 1. The molecular formula is C30H38O7. The fraction of sp³-hybridized carbons (Fsp3) is 0.767. The smallest absolute Gasteiger partial charge is 0.338 e. The molecule has 0 radical (unpaired) electrons. The molecule has 7 nitrogen and oxygen atoms in total. The Morgan fingerprint density at radius 1 is 1.03 bits per heavy atom. The van der Waals surface area contributed by atoms with Crippen molar-refractivity contribution >= 4 is 17.7 Å². The van der Waals surface area contributed by atoms with Crippen molar-refractivity contribution in [2.24, 2.45) is 34.5 Å². The highest BCUT2D eigenvalue weighted by atomic mass is 16.6. The number of hydrogen-bond donors (Lipinski definition) is 1. The van der Waals surface area contributed by atoms with Crippen LogP contribution in [0.4, 0.5) is 0 Å². The minimum Gasteiger partial charge on any atom is -0.460 e. The predicted molar refractivity (Wildman–Crippen MR) is 132 cm³/mol. The number of rotatable bonds is 1. The van der Waals surface area contributed by atoms with Gasteiger partial charge in [-0.05, 0) is 88.0 Å². The molecule has 0 aromatic rings. The zero-order valence-corrected chi connectivity index (χ0v) is 22.5. The molecule has 1 N–H and O–H groups in total. The molecule has 1 spiro atoms. The van der Waals surface area contributed by atoms with Gasteiger partial charge in [0.05, 0.1) is 0 Å². The van der Waals surface area contributed by atoms with Gasteiger partial charge in [-0.3, -0.25) is 4.79 Å². The van der Waals surface area contributed by atoms with E-state index in [0.717, 1.165) is 37.7 Å². The van der Waals surface area contributed by atoms with Crippen LogP contribution in [0.2, 0.25) is 0 Å². The van der Waals surface area contributed by atoms with Crippen molar-refractivity contribution in [1.29, 1.82) is 0 Å². The molecule has 0 aromatic heterocycles. The van der Waals surface area contributed by atoms with Crippen LogP contribution in [-0.4, -0.2) is 51.8 Å². The number of carbonyl (C=O) groups excluding carboxylic acids is 3. The normalized spacial score (nSPS) is 53.3. The van der Waals surface area contributed by atoms with Gasteiger partial charge in [-0.15, -0.1) is 0 Å². The Labute approximate surface area is 218 Å². The monoisotopic (exact) mass is 510 g/mol. The van der Waals surface area contributed by atoms with E-state index < -0.39 is 22.8 Å². The van der Waals surface area contributed by atoms with Gasteiger partial charge in [-0.25, -0.2) is 9.59 Å². The lowest BCUT2D eigenvalue weighted by atomic mass is 9.52. The average Bonchev–Trinajstić information content (AvgIpc) is 3.33. The summed E-state index contributed by atoms with van der Waals surface area (Å²) in [5.41, 5.74) is -1.11. The molecule has 7 rings (SSSR count). The first-order valence-corrected chi connectivity index (χ1v) is 14.0. The molecule has 7 heteroatoms. The number of hydrogen-bond acceptors (Lipinski definition) is 7. The predicted octanol–water partition coefficient (Wildman–Crippen LogP) is 3.82. The van der Waals surface area contributed by atoms with Crippen LogP contribution in [0.15, 0.2) is 23.3 Å². The molecule has 0 aromatic carbocycles. The molecule has 0 amide bonds. The Balaban J connectivity index is 1.27. The minimum atomic E-state index is -1.43. The lowest BCUT2D eigenvalue weighted by Crippen LogP contribution is -2.49. The number of carbonyl (C=O) groups is 3. The SMILES string of the molecule is CC1(C)OC(=O)C=CC23OC2C2=C(CCC13)C1(C)CCC(C3CC4CC3OC(=O)C4(C)O)C1(C)CC2=O. The van der Waals surface area contributed by atoms with Crippen LogP contribution >= 0.6 is 0 Å². The van der Waals surface area contributed by atoms with Crippen molar-refractivity contribution in [3.8, 4) is 0 Å². The highest BCUT2D eigenvalue weighted by molar-refractivity contribution is 6.00. The zero-order valence-electron chi connectivity index (χ0n) is 22.5. The van der Waals surface area contributed by atoms with E-state index in [-0.39, 0.29) is 58.5 Å². The van der Waals surface area contributed by atoms with E-state index in [0.29, 0.717) is 12.8 Å². The van der Waals surface area contributed by atoms with E-state index in [1.54, 1.807) is 6.92 Å². The number of ether oxygens (including phenoxy) is 3. The second kappa shape index (κ2) is 6.95. The van der Waals surface area contributed by atoms with Crippen LogP contribution in [0.1, 0.15) is 79.6 Å². The van der Waals surface area contributed by atoms with Gasteiger partial charge in [-0.1, -0.05) is 19.4 Å². The highest BCUT2D eigenvalue weighted by Gasteiger charge is 2.72. The largest absolute Gasteiger partial charge is 0.460 e. The lowest BCUT2D eigenvalue weighted by Gasteiger charge is -2.51. The molecule has 7 aliphatic rings. The molecule has 2 saturated heterocycles. The summed E-state index contributed by atoms with van der Waals surface area (Å²) < 4.78 is 18.0. The van der Waals surface area contributed by atoms with Crippen LogP contribution in [0.5, 0.6) is 0 Å². The summed E-state index contributed by atoms with van der Waals surface area (Å²) in [6.07, 6.45) is 8.30. The molecule has 3 aliphatic heterocycles. The second-order valence-corrected chi connectivity index (χ2v) is 14.1. The Morgan fingerprint density at radius 2 is 1.78 bits per heavy atom. The Bertz CT molecular complexity index is 1190. The zero-order chi connectivity index (χ0) is 26.3. The fourth-order valence-corrected chi connectivity index (χ4v) is 9.98. The van der Waals surface area contributed by atoms with Gasteiger partial charge in [0, 0.05) is 29.9 Å². The van der Waals surface area contributed by atoms with Crippen molar-refractivity contribution < 1.29 is 33.7 Å². The Morgan fingerprint density at radius 3 is 2.54 bits per heavy atom. The van der Waals surface area contributed by atoms with Crippen molar-refractivity contribution in [3.63, 3.8) is 0 Å². The maximum absolute atomic E-state index is 14.0. The standard InChI is InChI=1S/C30H38O7/c1-26(2)21-7-6-18-23(24-30(21,37-24)11-9-22(32)36-26)19(31)14-28(4)17(8-10-27(18,28)3)16-12-15-13-20(16)35-25(33)29(15,5)34/h9,11,15-17,20-21,24,34H,6-8,10,12-14H2,1-5H3. The maximum Gasteiger partial charge on any atom is 0.338 e. The number of epoxide rings is 1. The summed E-state index contributed by atoms with van der Waals surface area (Å²) in [6, 6.07) is 0. The van der Waals surface area contributed by atoms with E-state index in [1.165, 1.54) is 11.6 Å². The van der Waals surface area contributed by atoms with Crippen molar-refractivity contribution in [3.05, 3.63) is 23.3 Å². The third kappa shape index (κ3) is 2.83. The van der Waals surface area contributed by atoms with E-state index in [9.17, 15) is 19.5 Å². The molecule has 200 valence electrons. The summed E-state index contributed by atoms with van der Waals surface area (Å²) in [6.45, 7) is 10.1. The summed E-state index contributed by atoms with van der Waals surface area (Å²) in [5.74, 6) is -0.411. The van der Waals surface area contributed by atoms with E-state index in [2.05, 4.69) is 13.8 Å². The first-order chi connectivity index (χ1) is 17.2. The van der Waals surface area contributed by atoms with Gasteiger partial charge >= 0.3 is 11.9 Å². The van der Waals surface area contributed by atoms with E-state index >= 15 is 0 Å². The number of aliphatic hydroxyl groups is 1. The molecule has 3 heterocycles. The van der Waals surface area contributed by atoms with Crippen LogP contribution in [0.25, 0.3) is 0 Å². The molecule has 2 saturated carbocycles. The molecule has 4 aliphatic carbocycles. The van der Waals surface area contributed by atoms with Gasteiger partial charge in [0.1, 0.15) is 23.4 Å². The molecule has 10 atom stereocenters. The van der Waals surface area contributed by atoms with Crippen molar-refractivity contribution in [2.45, 2.75) is 109 Å². The summed E-state index contributed by atoms with van der Waals surface area (Å²) >= 11 is 0. The van der Waals surface area contributed by atoms with Crippen LogP contribution < -0.4 is 0 Å². The third-order valence-corrected chi connectivity index (χ3v) is 12.2. The van der Waals surface area contributed by atoms with E-state index in [1.807, 2.05) is 19.9 Å². The lowest BCUT2D eigenvalue weighted by molar-refractivity contribution is -0.184. The Hall–Kier alpha value is -1.99. The van der Waals surface area contributed by atoms with Crippen molar-refractivity contribution in [1.82, 2.24) is 0 Å². The topological polar surface area (TPSA) is 102 Å². The van der Waals surface area contributed by atoms with Gasteiger partial charge in [0.15, 0.2) is 11.4 Å². The first kappa shape index (κ1) is 24.1. The van der Waals surface area contributed by atoms with Crippen LogP contribution in [0.3, 0.4) is 0 Å². The number of esters is 2. The molecule has 4 fully saturated rings. The quantitative estimate of drug-likeness (QED) is 0.423. The van der Waals surface area contributed by atoms with Crippen LogP contribution in [0, 0.1) is 34.5 Å².